The molecule has 5 heteroatoms. The lowest BCUT2D eigenvalue weighted by molar-refractivity contribution is 0.410. The Labute approximate surface area is 130 Å². The standard InChI is InChI=1S/C15H13BrClFO2/c1-19-9-3-5-11(13(16)7-9)15(17)12-6-4-10(20-2)8-14(12)18/h3-8,15H,1-2H3. The summed E-state index contributed by atoms with van der Waals surface area (Å²) in [7, 11) is 3.08. The van der Waals surface area contributed by atoms with Gasteiger partial charge in [-0.05, 0) is 23.8 Å². The summed E-state index contributed by atoms with van der Waals surface area (Å²) in [4.78, 5) is 0. The smallest absolute Gasteiger partial charge is 0.131 e. The molecule has 0 amide bonds. The third-order valence-corrected chi connectivity index (χ3v) is 4.12. The van der Waals surface area contributed by atoms with Crippen LogP contribution in [0.1, 0.15) is 16.5 Å². The van der Waals surface area contributed by atoms with Crippen molar-refractivity contribution in [1.82, 2.24) is 0 Å². The normalized spacial score (nSPS) is 12.1. The van der Waals surface area contributed by atoms with Crippen LogP contribution in [0.15, 0.2) is 40.9 Å². The largest absolute Gasteiger partial charge is 0.497 e. The van der Waals surface area contributed by atoms with Gasteiger partial charge in [-0.25, -0.2) is 4.39 Å². The predicted octanol–water partition coefficient (Wildman–Crippen LogP) is 4.93. The van der Waals surface area contributed by atoms with E-state index in [1.807, 2.05) is 6.07 Å². The van der Waals surface area contributed by atoms with Gasteiger partial charge in [0.25, 0.3) is 0 Å². The SMILES string of the molecule is COc1ccc(C(Cl)c2ccc(OC)cc2Br)c(F)c1. The topological polar surface area (TPSA) is 18.5 Å². The van der Waals surface area contributed by atoms with E-state index in [2.05, 4.69) is 15.9 Å². The molecule has 2 rings (SSSR count). The van der Waals surface area contributed by atoms with Gasteiger partial charge in [-0.2, -0.15) is 0 Å². The van der Waals surface area contributed by atoms with Crippen molar-refractivity contribution in [3.8, 4) is 11.5 Å². The van der Waals surface area contributed by atoms with Crippen LogP contribution in [0.5, 0.6) is 11.5 Å². The van der Waals surface area contributed by atoms with E-state index in [0.717, 1.165) is 10.0 Å². The van der Waals surface area contributed by atoms with E-state index >= 15 is 0 Å². The van der Waals surface area contributed by atoms with E-state index in [9.17, 15) is 4.39 Å². The number of hydrogen-bond donors (Lipinski definition) is 0. The van der Waals surface area contributed by atoms with Crippen molar-refractivity contribution in [3.63, 3.8) is 0 Å². The first-order chi connectivity index (χ1) is 9.56. The number of ether oxygens (including phenoxy) is 2. The Hall–Kier alpha value is -1.26. The van der Waals surface area contributed by atoms with Gasteiger partial charge in [0.2, 0.25) is 0 Å². The minimum atomic E-state index is -0.596. The highest BCUT2D eigenvalue weighted by atomic mass is 79.9. The van der Waals surface area contributed by atoms with Crippen molar-refractivity contribution < 1.29 is 13.9 Å². The van der Waals surface area contributed by atoms with E-state index in [1.54, 1.807) is 31.4 Å². The van der Waals surface area contributed by atoms with Crippen molar-refractivity contribution in [1.29, 1.82) is 0 Å². The second-order valence-electron chi connectivity index (χ2n) is 4.14. The minimum Gasteiger partial charge on any atom is -0.497 e. The van der Waals surface area contributed by atoms with Crippen molar-refractivity contribution >= 4 is 27.5 Å². The van der Waals surface area contributed by atoms with Gasteiger partial charge < -0.3 is 9.47 Å². The Morgan fingerprint density at radius 3 is 2.05 bits per heavy atom. The lowest BCUT2D eigenvalue weighted by Gasteiger charge is -2.14. The van der Waals surface area contributed by atoms with Gasteiger partial charge in [-0.3, -0.25) is 0 Å². The Balaban J connectivity index is 2.38. The average Bonchev–Trinajstić information content (AvgIpc) is 2.46. The van der Waals surface area contributed by atoms with Crippen molar-refractivity contribution in [3.05, 3.63) is 57.8 Å². The monoisotopic (exact) mass is 358 g/mol. The van der Waals surface area contributed by atoms with Crippen molar-refractivity contribution in [2.45, 2.75) is 5.38 Å². The molecule has 20 heavy (non-hydrogen) atoms. The van der Waals surface area contributed by atoms with Gasteiger partial charge >= 0.3 is 0 Å². The number of rotatable bonds is 4. The van der Waals surface area contributed by atoms with Crippen molar-refractivity contribution in [2.75, 3.05) is 14.2 Å². The van der Waals surface area contributed by atoms with E-state index in [4.69, 9.17) is 21.1 Å². The first-order valence-corrected chi connectivity index (χ1v) is 7.10. The molecule has 0 saturated carbocycles. The molecule has 0 heterocycles. The molecule has 0 saturated heterocycles. The molecule has 106 valence electrons. The molecule has 0 fully saturated rings. The Bertz CT molecular complexity index is 565. The van der Waals surface area contributed by atoms with Crippen LogP contribution in [0.4, 0.5) is 4.39 Å². The molecule has 0 spiro atoms. The van der Waals surface area contributed by atoms with Gasteiger partial charge in [0.1, 0.15) is 17.3 Å². The summed E-state index contributed by atoms with van der Waals surface area (Å²) in [6.07, 6.45) is 0. The fourth-order valence-corrected chi connectivity index (χ4v) is 2.93. The Morgan fingerprint density at radius 1 is 1.00 bits per heavy atom. The zero-order valence-corrected chi connectivity index (χ0v) is 13.3. The summed E-state index contributed by atoms with van der Waals surface area (Å²) in [5, 5.41) is -0.596. The average molecular weight is 360 g/mol. The molecular weight excluding hydrogens is 347 g/mol. The van der Waals surface area contributed by atoms with E-state index in [0.29, 0.717) is 17.1 Å². The quantitative estimate of drug-likeness (QED) is 0.720. The predicted molar refractivity (Wildman–Crippen MR) is 81.3 cm³/mol. The molecule has 0 aliphatic rings. The second kappa shape index (κ2) is 6.46. The second-order valence-corrected chi connectivity index (χ2v) is 5.43. The number of hydrogen-bond acceptors (Lipinski definition) is 2. The highest BCUT2D eigenvalue weighted by molar-refractivity contribution is 9.10. The summed E-state index contributed by atoms with van der Waals surface area (Å²) in [5.74, 6) is 0.774. The van der Waals surface area contributed by atoms with Crippen LogP contribution in [0, 0.1) is 5.82 Å². The Kier molecular flexibility index (Phi) is 4.89. The maximum absolute atomic E-state index is 14.0. The summed E-state index contributed by atoms with van der Waals surface area (Å²) in [5.41, 5.74) is 1.18. The van der Waals surface area contributed by atoms with Gasteiger partial charge in [-0.15, -0.1) is 11.6 Å². The third-order valence-electron chi connectivity index (χ3n) is 2.96. The molecule has 0 radical (unpaired) electrons. The zero-order valence-electron chi connectivity index (χ0n) is 11.0. The van der Waals surface area contributed by atoms with E-state index < -0.39 is 11.2 Å². The fraction of sp³-hybridized carbons (Fsp3) is 0.200. The van der Waals surface area contributed by atoms with E-state index in [-0.39, 0.29) is 0 Å². The van der Waals surface area contributed by atoms with E-state index in [1.165, 1.54) is 13.2 Å². The lowest BCUT2D eigenvalue weighted by atomic mass is 10.0. The highest BCUT2D eigenvalue weighted by Gasteiger charge is 2.18. The van der Waals surface area contributed by atoms with Gasteiger partial charge in [-0.1, -0.05) is 28.1 Å². The molecule has 1 unspecified atom stereocenters. The molecule has 2 aromatic rings. The van der Waals surface area contributed by atoms with Crippen LogP contribution >= 0.6 is 27.5 Å². The first-order valence-electron chi connectivity index (χ1n) is 5.87. The molecule has 1 atom stereocenters. The molecule has 0 aromatic heterocycles. The van der Waals surface area contributed by atoms with Crippen LogP contribution in [0.3, 0.4) is 0 Å². The Morgan fingerprint density at radius 2 is 1.55 bits per heavy atom. The fourth-order valence-electron chi connectivity index (χ4n) is 1.85. The van der Waals surface area contributed by atoms with Crippen LogP contribution in [-0.2, 0) is 0 Å². The summed E-state index contributed by atoms with van der Waals surface area (Å²) >= 11 is 9.81. The van der Waals surface area contributed by atoms with Crippen LogP contribution in [-0.4, -0.2) is 14.2 Å². The molecule has 0 N–H and O–H groups in total. The number of halogens is 3. The third kappa shape index (κ3) is 3.07. The zero-order chi connectivity index (χ0) is 14.7. The number of methoxy groups -OCH3 is 2. The van der Waals surface area contributed by atoms with Crippen molar-refractivity contribution in [2.24, 2.45) is 0 Å². The number of benzene rings is 2. The molecule has 2 aromatic carbocycles. The molecule has 2 nitrogen and oxygen atoms in total. The molecule has 0 aliphatic carbocycles. The molecule has 0 aliphatic heterocycles. The van der Waals surface area contributed by atoms with Crippen LogP contribution in [0.25, 0.3) is 0 Å². The highest BCUT2D eigenvalue weighted by Crippen LogP contribution is 2.37. The first kappa shape index (κ1) is 15.1. The summed E-state index contributed by atoms with van der Waals surface area (Å²) < 4.78 is 24.9. The minimum absolute atomic E-state index is 0.396. The molecular formula is C15H13BrClFO2. The molecule has 0 bridgehead atoms. The maximum atomic E-state index is 14.0. The van der Waals surface area contributed by atoms with Gasteiger partial charge in [0.15, 0.2) is 0 Å². The maximum Gasteiger partial charge on any atom is 0.131 e. The summed E-state index contributed by atoms with van der Waals surface area (Å²) in [6.45, 7) is 0. The van der Waals surface area contributed by atoms with Crippen LogP contribution < -0.4 is 9.47 Å². The van der Waals surface area contributed by atoms with Gasteiger partial charge in [0, 0.05) is 16.1 Å². The summed E-state index contributed by atoms with van der Waals surface area (Å²) in [6, 6.07) is 10.0. The lowest BCUT2D eigenvalue weighted by Crippen LogP contribution is -1.99. The van der Waals surface area contributed by atoms with Crippen LogP contribution in [0.2, 0.25) is 0 Å². The number of alkyl halides is 1. The van der Waals surface area contributed by atoms with Gasteiger partial charge in [0.05, 0.1) is 19.6 Å².